The monoisotopic (exact) mass is 558 g/mol. The summed E-state index contributed by atoms with van der Waals surface area (Å²) in [4.78, 5) is 43.3. The average Bonchev–Trinajstić information content (AvgIpc) is 3.37. The van der Waals surface area contributed by atoms with Gasteiger partial charge in [0.1, 0.15) is 11.1 Å². The molecule has 3 heterocycles. The Morgan fingerprint density at radius 3 is 2.49 bits per heavy atom. The fourth-order valence-corrected chi connectivity index (χ4v) is 5.39. The van der Waals surface area contributed by atoms with Crippen LogP contribution in [0.2, 0.25) is 0 Å². The molecule has 0 spiro atoms. The van der Waals surface area contributed by atoms with Gasteiger partial charge in [-0.15, -0.1) is 0 Å². The molecule has 2 aromatic carbocycles. The molecule has 2 aromatic heterocycles. The molecule has 0 unspecified atom stereocenters. The predicted octanol–water partition coefficient (Wildman–Crippen LogP) is 2.88. The number of carbonyl (C=O) groups is 1. The number of methoxy groups -OCH3 is 1. The first-order chi connectivity index (χ1) is 19.7. The van der Waals surface area contributed by atoms with Crippen LogP contribution in [0.5, 0.6) is 11.5 Å². The van der Waals surface area contributed by atoms with E-state index in [0.29, 0.717) is 36.6 Å². The van der Waals surface area contributed by atoms with Gasteiger partial charge in [0, 0.05) is 37.5 Å². The molecule has 1 aliphatic rings. The molecule has 0 saturated carbocycles. The standard InChI is InChI=1S/C30H34N6O5/c1-6-41-25-13-20-7-9-35-23(21(20)14-24(25)40-5)15-26(33-27-18(3)11-17(2)12-19(27)4)36(30(35)39)10-8-31-28(37)22-16-32-34-29(22)38/h11-16H,6-10H2,1-5H3,(H,31,37)(H2,32,34,38). The molecule has 3 N–H and O–H groups in total. The number of hydrogen-bond donors (Lipinski definition) is 3. The van der Waals surface area contributed by atoms with E-state index < -0.39 is 11.5 Å². The van der Waals surface area contributed by atoms with E-state index in [1.807, 2.05) is 45.9 Å². The minimum Gasteiger partial charge on any atom is -0.493 e. The van der Waals surface area contributed by atoms with Crippen molar-refractivity contribution >= 4 is 11.6 Å². The Hall–Kier alpha value is -4.80. The molecule has 41 heavy (non-hydrogen) atoms. The lowest BCUT2D eigenvalue weighted by molar-refractivity contribution is 0.0951. The normalized spacial score (nSPS) is 12.6. The van der Waals surface area contributed by atoms with Crippen LogP contribution in [0, 0.1) is 20.8 Å². The summed E-state index contributed by atoms with van der Waals surface area (Å²) in [5.41, 5.74) is 6.28. The molecule has 0 saturated heterocycles. The number of aromatic nitrogens is 4. The first kappa shape index (κ1) is 27.8. The zero-order valence-corrected chi connectivity index (χ0v) is 23.9. The summed E-state index contributed by atoms with van der Waals surface area (Å²) >= 11 is 0. The van der Waals surface area contributed by atoms with E-state index in [1.54, 1.807) is 16.2 Å². The molecule has 0 aliphatic carbocycles. The molecule has 214 valence electrons. The molecular weight excluding hydrogens is 524 g/mol. The number of carbonyl (C=O) groups excluding carboxylic acids is 1. The predicted molar refractivity (Wildman–Crippen MR) is 155 cm³/mol. The zero-order valence-electron chi connectivity index (χ0n) is 23.9. The van der Waals surface area contributed by atoms with E-state index in [0.717, 1.165) is 39.2 Å². The van der Waals surface area contributed by atoms with Gasteiger partial charge in [0.15, 0.2) is 11.5 Å². The molecule has 0 atom stereocenters. The second kappa shape index (κ2) is 11.4. The zero-order chi connectivity index (χ0) is 29.3. The van der Waals surface area contributed by atoms with Crippen LogP contribution >= 0.6 is 0 Å². The fourth-order valence-electron chi connectivity index (χ4n) is 5.39. The number of H-pyrrole nitrogens is 2. The fraction of sp³-hybridized carbons (Fsp3) is 0.333. The Morgan fingerprint density at radius 1 is 1.07 bits per heavy atom. The summed E-state index contributed by atoms with van der Waals surface area (Å²) in [7, 11) is 1.60. The highest BCUT2D eigenvalue weighted by Gasteiger charge is 2.23. The molecule has 0 radical (unpaired) electrons. The van der Waals surface area contributed by atoms with Crippen molar-refractivity contribution in [1.82, 2.24) is 24.6 Å². The second-order valence-corrected chi connectivity index (χ2v) is 10.1. The topological polar surface area (TPSA) is 135 Å². The maximum atomic E-state index is 14.0. The van der Waals surface area contributed by atoms with Gasteiger partial charge in [-0.2, -0.15) is 0 Å². The number of nitrogens with one attached hydrogen (secondary N) is 3. The number of aromatic amines is 2. The van der Waals surface area contributed by atoms with Crippen molar-refractivity contribution in [3.05, 3.63) is 90.7 Å². The first-order valence-corrected chi connectivity index (χ1v) is 13.6. The molecular formula is C30H34N6O5. The van der Waals surface area contributed by atoms with Gasteiger partial charge in [0.25, 0.3) is 11.5 Å². The molecule has 4 aromatic rings. The maximum absolute atomic E-state index is 14.0. The van der Waals surface area contributed by atoms with Gasteiger partial charge in [0.2, 0.25) is 0 Å². The van der Waals surface area contributed by atoms with Gasteiger partial charge in [-0.25, -0.2) is 9.79 Å². The van der Waals surface area contributed by atoms with E-state index in [2.05, 4.69) is 27.6 Å². The minimum absolute atomic E-state index is 0.0232. The highest BCUT2D eigenvalue weighted by Crippen LogP contribution is 2.37. The Balaban J connectivity index is 1.64. The molecule has 0 bridgehead atoms. The van der Waals surface area contributed by atoms with Crippen molar-refractivity contribution in [2.75, 3.05) is 20.3 Å². The summed E-state index contributed by atoms with van der Waals surface area (Å²) in [5, 5.41) is 7.60. The van der Waals surface area contributed by atoms with Crippen molar-refractivity contribution in [1.29, 1.82) is 0 Å². The van der Waals surface area contributed by atoms with E-state index >= 15 is 0 Å². The lowest BCUT2D eigenvalue weighted by Gasteiger charge is -2.25. The smallest absolute Gasteiger partial charge is 0.330 e. The Kier molecular flexibility index (Phi) is 7.69. The maximum Gasteiger partial charge on any atom is 0.330 e. The Morgan fingerprint density at radius 2 is 1.83 bits per heavy atom. The average molecular weight is 559 g/mol. The number of fused-ring (bicyclic) bond motifs is 3. The number of rotatable bonds is 8. The third-order valence-corrected chi connectivity index (χ3v) is 7.24. The van der Waals surface area contributed by atoms with E-state index in [4.69, 9.17) is 14.5 Å². The van der Waals surface area contributed by atoms with Crippen LogP contribution in [0.3, 0.4) is 0 Å². The summed E-state index contributed by atoms with van der Waals surface area (Å²) < 4.78 is 14.7. The highest BCUT2D eigenvalue weighted by atomic mass is 16.5. The van der Waals surface area contributed by atoms with E-state index in [-0.39, 0.29) is 24.3 Å². The van der Waals surface area contributed by atoms with Gasteiger partial charge in [-0.3, -0.25) is 23.8 Å². The molecule has 5 rings (SSSR count). The summed E-state index contributed by atoms with van der Waals surface area (Å²) in [6.45, 7) is 9.24. The number of amides is 1. The number of benzene rings is 2. The van der Waals surface area contributed by atoms with Crippen molar-refractivity contribution in [3.63, 3.8) is 0 Å². The molecule has 11 nitrogen and oxygen atoms in total. The van der Waals surface area contributed by atoms with Gasteiger partial charge >= 0.3 is 5.69 Å². The largest absolute Gasteiger partial charge is 0.493 e. The Labute approximate surface area is 236 Å². The first-order valence-electron chi connectivity index (χ1n) is 13.6. The van der Waals surface area contributed by atoms with Crippen LogP contribution in [0.25, 0.3) is 11.3 Å². The van der Waals surface area contributed by atoms with Crippen molar-refractivity contribution in [2.24, 2.45) is 4.99 Å². The Bertz CT molecular complexity index is 1800. The van der Waals surface area contributed by atoms with Gasteiger partial charge in [-0.1, -0.05) is 17.7 Å². The number of aryl methyl sites for hydroxylation is 4. The van der Waals surface area contributed by atoms with Crippen molar-refractivity contribution in [2.45, 2.75) is 47.2 Å². The summed E-state index contributed by atoms with van der Waals surface area (Å²) in [6, 6.07) is 9.93. The minimum atomic E-state index is -0.527. The lowest BCUT2D eigenvalue weighted by atomic mass is 9.97. The van der Waals surface area contributed by atoms with Crippen molar-refractivity contribution in [3.8, 4) is 22.8 Å². The van der Waals surface area contributed by atoms with Crippen LogP contribution in [-0.4, -0.2) is 45.5 Å². The quantitative estimate of drug-likeness (QED) is 0.306. The van der Waals surface area contributed by atoms with Crippen LogP contribution in [0.15, 0.2) is 51.1 Å². The van der Waals surface area contributed by atoms with Crippen LogP contribution in [0.1, 0.15) is 39.5 Å². The third-order valence-electron chi connectivity index (χ3n) is 7.24. The van der Waals surface area contributed by atoms with Crippen LogP contribution in [-0.2, 0) is 19.5 Å². The molecule has 11 heteroatoms. The number of ether oxygens (including phenoxy) is 2. The highest BCUT2D eigenvalue weighted by molar-refractivity contribution is 5.93. The van der Waals surface area contributed by atoms with Crippen molar-refractivity contribution < 1.29 is 14.3 Å². The van der Waals surface area contributed by atoms with Gasteiger partial charge in [-0.05, 0) is 62.9 Å². The lowest BCUT2D eigenvalue weighted by Crippen LogP contribution is -2.44. The molecule has 1 amide bonds. The van der Waals surface area contributed by atoms with Gasteiger partial charge in [0.05, 0.1) is 25.1 Å². The van der Waals surface area contributed by atoms with Crippen LogP contribution < -0.4 is 31.5 Å². The summed E-state index contributed by atoms with van der Waals surface area (Å²) in [5.74, 6) is 0.735. The molecule has 1 aliphatic heterocycles. The number of nitrogens with zero attached hydrogens (tertiary/aromatic N) is 3. The summed E-state index contributed by atoms with van der Waals surface area (Å²) in [6.07, 6.45) is 1.96. The van der Waals surface area contributed by atoms with E-state index in [1.165, 1.54) is 6.20 Å². The SMILES string of the molecule is CCOc1cc2c(cc1OC)-c1cc(=Nc3c(C)cc(C)cc3C)n(CCNC(=O)c3c[nH][nH]c3=O)c(=O)n1CC2. The van der Waals surface area contributed by atoms with E-state index in [9.17, 15) is 14.4 Å². The third kappa shape index (κ3) is 5.34. The number of hydrogen-bond acceptors (Lipinski definition) is 6. The van der Waals surface area contributed by atoms with Gasteiger partial charge < -0.3 is 19.9 Å². The second-order valence-electron chi connectivity index (χ2n) is 10.1. The molecule has 0 fully saturated rings. The van der Waals surface area contributed by atoms with Crippen LogP contribution in [0.4, 0.5) is 5.69 Å².